The number of benzene rings is 3. The van der Waals surface area contributed by atoms with Crippen LogP contribution in [0.5, 0.6) is 5.75 Å². The molecule has 1 saturated heterocycles. The number of sulfonamides is 1. The summed E-state index contributed by atoms with van der Waals surface area (Å²) in [6, 6.07) is 21.1. The number of nitrogens with one attached hydrogen (secondary N) is 1. The van der Waals surface area contributed by atoms with Gasteiger partial charge in [-0.25, -0.2) is 13.4 Å². The first-order chi connectivity index (χ1) is 19.7. The van der Waals surface area contributed by atoms with Gasteiger partial charge in [0.2, 0.25) is 21.9 Å². The summed E-state index contributed by atoms with van der Waals surface area (Å²) in [5, 5.41) is 3.26. The third kappa shape index (κ3) is 6.79. The zero-order valence-corrected chi connectivity index (χ0v) is 24.4. The predicted octanol–water partition coefficient (Wildman–Crippen LogP) is 5.32. The van der Waals surface area contributed by atoms with Gasteiger partial charge in [0.05, 0.1) is 30.3 Å². The first-order valence-corrected chi connectivity index (χ1v) is 15.0. The fourth-order valence-electron chi connectivity index (χ4n) is 4.61. The molecule has 1 N–H and O–H groups in total. The number of aromatic nitrogens is 2. The van der Waals surface area contributed by atoms with Crippen LogP contribution in [0.1, 0.15) is 18.4 Å². The molecule has 0 radical (unpaired) electrons. The molecule has 0 unspecified atom stereocenters. The van der Waals surface area contributed by atoms with Crippen molar-refractivity contribution in [1.29, 1.82) is 0 Å². The minimum Gasteiger partial charge on any atom is -0.497 e. The molecule has 3 aromatic carbocycles. The average Bonchev–Trinajstić information content (AvgIpc) is 3.64. The molecule has 0 aliphatic carbocycles. The van der Waals surface area contributed by atoms with Gasteiger partial charge in [-0.05, 0) is 80.4 Å². The van der Waals surface area contributed by atoms with E-state index in [9.17, 15) is 13.2 Å². The van der Waals surface area contributed by atoms with Crippen molar-refractivity contribution in [3.8, 4) is 22.7 Å². The van der Waals surface area contributed by atoms with Crippen molar-refractivity contribution in [2.75, 3.05) is 32.1 Å². The zero-order valence-electron chi connectivity index (χ0n) is 22.8. The molecule has 5 rings (SSSR count). The smallest absolute Gasteiger partial charge is 0.243 e. The Bertz CT molecular complexity index is 1600. The number of halogens is 1. The fourth-order valence-corrected chi connectivity index (χ4v) is 6.17. The maximum Gasteiger partial charge on any atom is 0.243 e. The van der Waals surface area contributed by atoms with E-state index in [0.717, 1.165) is 34.0 Å². The molecule has 0 saturated carbocycles. The monoisotopic (exact) mass is 594 g/mol. The number of carbonyl (C=O) groups is 1. The Kier molecular flexibility index (Phi) is 8.74. The second-order valence-corrected chi connectivity index (χ2v) is 12.2. The highest BCUT2D eigenvalue weighted by atomic mass is 35.5. The molecular formula is C30H31ClN4O5S. The topological polar surface area (TPSA) is 103 Å². The lowest BCUT2D eigenvalue weighted by Gasteiger charge is -2.24. The molecule has 1 fully saturated rings. The van der Waals surface area contributed by atoms with E-state index in [-0.39, 0.29) is 23.5 Å². The number of anilines is 1. The van der Waals surface area contributed by atoms with E-state index in [2.05, 4.69) is 5.32 Å². The van der Waals surface area contributed by atoms with Crippen LogP contribution >= 0.6 is 11.6 Å². The Balaban J connectivity index is 1.44. The molecule has 1 aromatic heterocycles. The summed E-state index contributed by atoms with van der Waals surface area (Å²) in [4.78, 5) is 18.2. The van der Waals surface area contributed by atoms with Crippen LogP contribution in [-0.4, -0.2) is 61.1 Å². The highest BCUT2D eigenvalue weighted by Crippen LogP contribution is 2.27. The van der Waals surface area contributed by atoms with Gasteiger partial charge in [-0.15, -0.1) is 0 Å². The maximum absolute atomic E-state index is 13.6. The third-order valence-corrected chi connectivity index (χ3v) is 8.94. The minimum atomic E-state index is -4.01. The van der Waals surface area contributed by atoms with Gasteiger partial charge < -0.3 is 9.47 Å². The summed E-state index contributed by atoms with van der Waals surface area (Å²) in [6.07, 6.45) is 3.10. The first-order valence-electron chi connectivity index (χ1n) is 13.2. The summed E-state index contributed by atoms with van der Waals surface area (Å²) in [5.41, 5.74) is 3.35. The van der Waals surface area contributed by atoms with E-state index >= 15 is 0 Å². The number of nitrogens with zero attached hydrogens (tertiary/aromatic N) is 3. The Hall–Kier alpha value is -3.70. The number of carbonyl (C=O) groups excluding carboxylic acids is 1. The van der Waals surface area contributed by atoms with Crippen molar-refractivity contribution in [2.24, 2.45) is 0 Å². The van der Waals surface area contributed by atoms with Gasteiger partial charge in [0, 0.05) is 35.6 Å². The van der Waals surface area contributed by atoms with Gasteiger partial charge in [-0.3, -0.25) is 14.7 Å². The van der Waals surface area contributed by atoms with Gasteiger partial charge in [0.1, 0.15) is 5.75 Å². The van der Waals surface area contributed by atoms with Crippen LogP contribution in [-0.2, 0) is 19.6 Å². The molecule has 41 heavy (non-hydrogen) atoms. The van der Waals surface area contributed by atoms with Gasteiger partial charge >= 0.3 is 0 Å². The highest BCUT2D eigenvalue weighted by Gasteiger charge is 2.31. The third-order valence-electron chi connectivity index (χ3n) is 6.86. The van der Waals surface area contributed by atoms with Crippen LogP contribution in [0.25, 0.3) is 16.9 Å². The maximum atomic E-state index is 13.6. The molecule has 9 nitrogen and oxygen atoms in total. The van der Waals surface area contributed by atoms with Crippen molar-refractivity contribution in [3.63, 3.8) is 0 Å². The quantitative estimate of drug-likeness (QED) is 0.267. The lowest BCUT2D eigenvalue weighted by Crippen LogP contribution is -2.42. The highest BCUT2D eigenvalue weighted by molar-refractivity contribution is 7.89. The molecule has 214 valence electrons. The average molecular weight is 595 g/mol. The second-order valence-electron chi connectivity index (χ2n) is 9.82. The van der Waals surface area contributed by atoms with Gasteiger partial charge in [-0.2, -0.15) is 4.31 Å². The Morgan fingerprint density at radius 1 is 1.10 bits per heavy atom. The number of ether oxygens (including phenoxy) is 2. The zero-order chi connectivity index (χ0) is 29.0. The van der Waals surface area contributed by atoms with E-state index in [1.807, 2.05) is 61.7 Å². The van der Waals surface area contributed by atoms with Crippen LogP contribution < -0.4 is 10.1 Å². The molecule has 1 amide bonds. The largest absolute Gasteiger partial charge is 0.497 e. The fraction of sp³-hybridized carbons (Fsp3) is 0.267. The number of hydrogen-bond acceptors (Lipinski definition) is 6. The summed E-state index contributed by atoms with van der Waals surface area (Å²) >= 11 is 5.98. The van der Waals surface area contributed by atoms with Crippen molar-refractivity contribution in [2.45, 2.75) is 30.8 Å². The number of aryl methyl sites for hydroxylation is 1. The molecule has 11 heteroatoms. The Morgan fingerprint density at radius 2 is 1.80 bits per heavy atom. The van der Waals surface area contributed by atoms with E-state index < -0.39 is 22.5 Å². The molecule has 1 aliphatic rings. The van der Waals surface area contributed by atoms with Crippen LogP contribution in [0.15, 0.2) is 83.9 Å². The summed E-state index contributed by atoms with van der Waals surface area (Å²) in [7, 11) is -2.41. The summed E-state index contributed by atoms with van der Waals surface area (Å²) in [5.74, 6) is 0.458. The SMILES string of the molecule is COc1ccc(-c2cn(-c3ccc(C)cc3)c(NC(=O)CN(C[C@@H]3CCCO3)S(=O)(=O)c3ccc(Cl)cc3)n2)cc1. The normalized spacial score (nSPS) is 15.3. The van der Waals surface area contributed by atoms with Gasteiger partial charge in [0.25, 0.3) is 0 Å². The van der Waals surface area contributed by atoms with Crippen molar-refractivity contribution < 1.29 is 22.7 Å². The Labute approximate surface area is 244 Å². The van der Waals surface area contributed by atoms with Crippen LogP contribution in [0, 0.1) is 6.92 Å². The van der Waals surface area contributed by atoms with Crippen molar-refractivity contribution in [3.05, 3.63) is 89.6 Å². The van der Waals surface area contributed by atoms with E-state index in [0.29, 0.717) is 23.1 Å². The molecule has 1 atom stereocenters. The van der Waals surface area contributed by atoms with E-state index in [1.165, 1.54) is 24.3 Å². The molecule has 2 heterocycles. The summed E-state index contributed by atoms with van der Waals surface area (Å²) < 4.78 is 41.1. The van der Waals surface area contributed by atoms with Crippen LogP contribution in [0.3, 0.4) is 0 Å². The number of rotatable bonds is 10. The number of hydrogen-bond donors (Lipinski definition) is 1. The van der Waals surface area contributed by atoms with Crippen LogP contribution in [0.4, 0.5) is 5.95 Å². The van der Waals surface area contributed by atoms with Crippen molar-refractivity contribution in [1.82, 2.24) is 13.9 Å². The van der Waals surface area contributed by atoms with Gasteiger partial charge in [-0.1, -0.05) is 29.3 Å². The lowest BCUT2D eigenvalue weighted by molar-refractivity contribution is -0.116. The predicted molar refractivity (Wildman–Crippen MR) is 158 cm³/mol. The van der Waals surface area contributed by atoms with Crippen molar-refractivity contribution >= 4 is 33.5 Å². The molecule has 1 aliphatic heterocycles. The Morgan fingerprint density at radius 3 is 2.44 bits per heavy atom. The number of imidazole rings is 1. The van der Waals surface area contributed by atoms with E-state index in [4.69, 9.17) is 26.1 Å². The molecular weight excluding hydrogens is 564 g/mol. The minimum absolute atomic E-state index is 0.0515. The van der Waals surface area contributed by atoms with Gasteiger partial charge in [0.15, 0.2) is 0 Å². The molecule has 0 spiro atoms. The first kappa shape index (κ1) is 28.8. The standard InChI is InChI=1S/C30H31ClN4O5S/c1-21-5-11-24(12-6-21)35-19-28(22-7-13-25(39-2)14-8-22)32-30(35)33-29(36)20-34(18-26-4-3-17-40-26)41(37,38)27-15-9-23(31)10-16-27/h5-16,19,26H,3-4,17-18,20H2,1-2H3,(H,32,33,36)/t26-/m0/s1. The molecule has 4 aromatic rings. The number of amides is 1. The van der Waals surface area contributed by atoms with E-state index in [1.54, 1.807) is 11.7 Å². The summed E-state index contributed by atoms with van der Waals surface area (Å²) in [6.45, 7) is 2.20. The molecule has 0 bridgehead atoms. The second kappa shape index (κ2) is 12.4. The number of methoxy groups -OCH3 is 1. The lowest BCUT2D eigenvalue weighted by atomic mass is 10.1. The van der Waals surface area contributed by atoms with Crippen LogP contribution in [0.2, 0.25) is 5.02 Å².